The molecule has 1 aromatic rings. The van der Waals surface area contributed by atoms with Gasteiger partial charge in [-0.25, -0.2) is 8.42 Å². The fraction of sp³-hybridized carbons (Fsp3) is 0.667. The zero-order valence-electron chi connectivity index (χ0n) is 8.44. The summed E-state index contributed by atoms with van der Waals surface area (Å²) in [5, 5.41) is 10.0. The van der Waals surface area contributed by atoms with Gasteiger partial charge in [0, 0.05) is 24.5 Å². The maximum Gasteiger partial charge on any atom is 0.150 e. The summed E-state index contributed by atoms with van der Waals surface area (Å²) in [5.41, 5.74) is 1.03. The summed E-state index contributed by atoms with van der Waals surface area (Å²) in [4.78, 5) is 0. The van der Waals surface area contributed by atoms with Crippen LogP contribution < -0.4 is 5.32 Å². The lowest BCUT2D eigenvalue weighted by molar-refractivity contribution is 0.460. The molecule has 2 rings (SSSR count). The third-order valence-electron chi connectivity index (χ3n) is 2.69. The Bertz CT molecular complexity index is 385. The molecule has 1 aromatic heterocycles. The zero-order chi connectivity index (χ0) is 10.7. The second-order valence-electron chi connectivity index (χ2n) is 3.89. The molecule has 5 nitrogen and oxygen atoms in total. The maximum atomic E-state index is 11.2. The van der Waals surface area contributed by atoms with E-state index in [-0.39, 0.29) is 0 Å². The molecule has 1 fully saturated rings. The van der Waals surface area contributed by atoms with Crippen LogP contribution in [0.3, 0.4) is 0 Å². The number of aromatic nitrogens is 2. The predicted molar refractivity (Wildman–Crippen MR) is 57.1 cm³/mol. The monoisotopic (exact) mass is 229 g/mol. The van der Waals surface area contributed by atoms with Gasteiger partial charge in [0.2, 0.25) is 0 Å². The first kappa shape index (κ1) is 10.6. The number of sulfone groups is 1. The number of aromatic amines is 1. The minimum atomic E-state index is -2.75. The van der Waals surface area contributed by atoms with Gasteiger partial charge in [-0.05, 0) is 18.9 Å². The third-order valence-corrected chi connectivity index (χ3v) is 4.41. The van der Waals surface area contributed by atoms with E-state index in [1.807, 2.05) is 6.07 Å². The predicted octanol–water partition coefficient (Wildman–Crippen LogP) is 0.0765. The molecule has 2 N–H and O–H groups in total. The van der Waals surface area contributed by atoms with E-state index >= 15 is 0 Å². The molecule has 1 aliphatic rings. The first-order chi connectivity index (χ1) is 7.16. The summed E-state index contributed by atoms with van der Waals surface area (Å²) in [5.74, 6) is 0.626. The molecule has 1 saturated heterocycles. The number of H-pyrrole nitrogens is 1. The van der Waals surface area contributed by atoms with Crippen LogP contribution in [-0.4, -0.2) is 36.2 Å². The Kier molecular flexibility index (Phi) is 3.06. The van der Waals surface area contributed by atoms with Gasteiger partial charge < -0.3 is 5.32 Å². The summed E-state index contributed by atoms with van der Waals surface area (Å²) < 4.78 is 22.4. The molecular weight excluding hydrogens is 214 g/mol. The molecule has 2 heterocycles. The summed E-state index contributed by atoms with van der Waals surface area (Å²) in [6, 6.07) is 2.23. The van der Waals surface area contributed by atoms with Crippen LogP contribution in [0.15, 0.2) is 12.3 Å². The van der Waals surface area contributed by atoms with E-state index in [1.54, 1.807) is 6.20 Å². The molecule has 0 saturated carbocycles. The molecule has 0 atom stereocenters. The highest BCUT2D eigenvalue weighted by Gasteiger charge is 2.22. The Hall–Kier alpha value is -0.880. The molecule has 0 bridgehead atoms. The van der Waals surface area contributed by atoms with Crippen LogP contribution in [0.4, 0.5) is 0 Å². The van der Waals surface area contributed by atoms with Crippen LogP contribution in [0.5, 0.6) is 0 Å². The van der Waals surface area contributed by atoms with E-state index in [4.69, 9.17) is 0 Å². The van der Waals surface area contributed by atoms with Crippen LogP contribution in [0.2, 0.25) is 0 Å². The lowest BCUT2D eigenvalue weighted by Gasteiger charge is -2.22. The zero-order valence-corrected chi connectivity index (χ0v) is 9.26. The molecule has 0 aromatic carbocycles. The van der Waals surface area contributed by atoms with E-state index in [9.17, 15) is 8.42 Å². The number of rotatable bonds is 3. The van der Waals surface area contributed by atoms with Crippen molar-refractivity contribution in [3.63, 3.8) is 0 Å². The van der Waals surface area contributed by atoms with E-state index in [1.165, 1.54) is 0 Å². The average molecular weight is 229 g/mol. The smallest absolute Gasteiger partial charge is 0.150 e. The van der Waals surface area contributed by atoms with E-state index in [0.29, 0.717) is 17.5 Å². The first-order valence-corrected chi connectivity index (χ1v) is 6.90. The number of nitrogens with zero attached hydrogens (tertiary/aromatic N) is 1. The molecule has 0 radical (unpaired) electrons. The molecule has 0 amide bonds. The molecule has 1 aliphatic heterocycles. The van der Waals surface area contributed by atoms with E-state index in [2.05, 4.69) is 15.5 Å². The summed E-state index contributed by atoms with van der Waals surface area (Å²) in [6.45, 7) is 0.727. The Labute approximate surface area is 89.2 Å². The van der Waals surface area contributed by atoms with Crippen molar-refractivity contribution in [2.75, 3.05) is 11.5 Å². The highest BCUT2D eigenvalue weighted by molar-refractivity contribution is 7.91. The van der Waals surface area contributed by atoms with Crippen molar-refractivity contribution in [2.24, 2.45) is 0 Å². The number of hydrogen-bond acceptors (Lipinski definition) is 4. The van der Waals surface area contributed by atoms with Crippen LogP contribution in [0.25, 0.3) is 0 Å². The molecule has 0 aliphatic carbocycles. The summed E-state index contributed by atoms with van der Waals surface area (Å²) >= 11 is 0. The quantitative estimate of drug-likeness (QED) is 0.769. The SMILES string of the molecule is O=S1(=O)CCC(NCc2ccn[nH]2)CC1. The van der Waals surface area contributed by atoms with Crippen LogP contribution in [0.1, 0.15) is 18.5 Å². The van der Waals surface area contributed by atoms with E-state index in [0.717, 1.165) is 25.1 Å². The molecule has 0 spiro atoms. The third kappa shape index (κ3) is 3.04. The highest BCUT2D eigenvalue weighted by atomic mass is 32.2. The normalized spacial score (nSPS) is 21.6. The van der Waals surface area contributed by atoms with Gasteiger partial charge in [0.1, 0.15) is 9.84 Å². The fourth-order valence-electron chi connectivity index (χ4n) is 1.73. The second-order valence-corrected chi connectivity index (χ2v) is 6.19. The van der Waals surface area contributed by atoms with Crippen molar-refractivity contribution in [2.45, 2.75) is 25.4 Å². The molecule has 84 valence electrons. The second kappa shape index (κ2) is 4.32. The summed E-state index contributed by atoms with van der Waals surface area (Å²) in [7, 11) is -2.75. The van der Waals surface area contributed by atoms with Gasteiger partial charge in [-0.15, -0.1) is 0 Å². The first-order valence-electron chi connectivity index (χ1n) is 5.08. The molecule has 6 heteroatoms. The Balaban J connectivity index is 1.78. The summed E-state index contributed by atoms with van der Waals surface area (Å²) in [6.07, 6.45) is 3.15. The molecular formula is C9H15N3O2S. The average Bonchev–Trinajstić information content (AvgIpc) is 2.69. The van der Waals surface area contributed by atoms with Crippen molar-refractivity contribution in [3.05, 3.63) is 18.0 Å². The van der Waals surface area contributed by atoms with Crippen molar-refractivity contribution in [1.29, 1.82) is 0 Å². The molecule has 15 heavy (non-hydrogen) atoms. The van der Waals surface area contributed by atoms with Gasteiger partial charge in [0.25, 0.3) is 0 Å². The van der Waals surface area contributed by atoms with Gasteiger partial charge in [-0.2, -0.15) is 5.10 Å². The van der Waals surface area contributed by atoms with Gasteiger partial charge >= 0.3 is 0 Å². The van der Waals surface area contributed by atoms with Crippen LogP contribution in [0, 0.1) is 0 Å². The molecule has 0 unspecified atom stereocenters. The van der Waals surface area contributed by atoms with Crippen molar-refractivity contribution >= 4 is 9.84 Å². The standard InChI is InChI=1S/C9H15N3O2S/c13-15(14)5-2-8(3-6-15)10-7-9-1-4-11-12-9/h1,4,8,10H,2-3,5-7H2,(H,11,12). The van der Waals surface area contributed by atoms with Crippen LogP contribution >= 0.6 is 0 Å². The minimum absolute atomic E-state index is 0.313. The lowest BCUT2D eigenvalue weighted by Crippen LogP contribution is -2.37. The van der Waals surface area contributed by atoms with Crippen LogP contribution in [-0.2, 0) is 16.4 Å². The Morgan fingerprint density at radius 2 is 2.20 bits per heavy atom. The Morgan fingerprint density at radius 3 is 2.80 bits per heavy atom. The van der Waals surface area contributed by atoms with Gasteiger partial charge in [0.15, 0.2) is 0 Å². The number of hydrogen-bond donors (Lipinski definition) is 2. The van der Waals surface area contributed by atoms with Crippen molar-refractivity contribution in [3.8, 4) is 0 Å². The topological polar surface area (TPSA) is 74.8 Å². The fourth-order valence-corrected chi connectivity index (χ4v) is 3.22. The highest BCUT2D eigenvalue weighted by Crippen LogP contribution is 2.12. The van der Waals surface area contributed by atoms with Crippen molar-refractivity contribution in [1.82, 2.24) is 15.5 Å². The van der Waals surface area contributed by atoms with Gasteiger partial charge in [-0.3, -0.25) is 5.10 Å². The largest absolute Gasteiger partial charge is 0.308 e. The van der Waals surface area contributed by atoms with Crippen molar-refractivity contribution < 1.29 is 8.42 Å². The maximum absolute atomic E-state index is 11.2. The Morgan fingerprint density at radius 1 is 1.47 bits per heavy atom. The lowest BCUT2D eigenvalue weighted by atomic mass is 10.1. The minimum Gasteiger partial charge on any atom is -0.308 e. The number of nitrogens with one attached hydrogen (secondary N) is 2. The van der Waals surface area contributed by atoms with E-state index < -0.39 is 9.84 Å². The van der Waals surface area contributed by atoms with Gasteiger partial charge in [0.05, 0.1) is 11.5 Å². The van der Waals surface area contributed by atoms with Gasteiger partial charge in [-0.1, -0.05) is 0 Å².